The second-order valence-corrected chi connectivity index (χ2v) is 5.47. The lowest BCUT2D eigenvalue weighted by atomic mass is 10.1. The average molecular weight is 343 g/mol. The molecule has 130 valence electrons. The smallest absolute Gasteiger partial charge is 0.341 e. The molecule has 0 aromatic heterocycles. The Hall–Kier alpha value is -3.42. The van der Waals surface area contributed by atoms with Crippen LogP contribution in [0.15, 0.2) is 36.4 Å². The number of hydrogen-bond donors (Lipinski definition) is 2. The number of ether oxygens (including phenoxy) is 1. The number of carbonyl (C=O) groups is 2. The van der Waals surface area contributed by atoms with Gasteiger partial charge < -0.3 is 15.8 Å². The molecular weight excluding hydrogens is 326 g/mol. The van der Waals surface area contributed by atoms with Crippen molar-refractivity contribution in [1.29, 1.82) is 0 Å². The van der Waals surface area contributed by atoms with Crippen molar-refractivity contribution in [2.75, 3.05) is 17.7 Å². The topological polar surface area (TPSA) is 125 Å². The maximum absolute atomic E-state index is 12.0. The normalized spacial score (nSPS) is 10.2. The molecule has 2 aromatic rings. The molecule has 3 N–H and O–H groups in total. The van der Waals surface area contributed by atoms with E-state index >= 15 is 0 Å². The molecule has 8 heteroatoms. The first kappa shape index (κ1) is 17.9. The van der Waals surface area contributed by atoms with E-state index in [1.54, 1.807) is 6.07 Å². The standard InChI is InChI=1S/C17H17N3O5/c1-10-3-6-15(11(2)7-10)19-16(21)9-25-17(22)13-8-12(20(23)24)4-5-14(13)18/h3-8H,9,18H2,1-2H3,(H,19,21). The van der Waals surface area contributed by atoms with Gasteiger partial charge in [-0.15, -0.1) is 0 Å². The van der Waals surface area contributed by atoms with Gasteiger partial charge in [0.1, 0.15) is 0 Å². The summed E-state index contributed by atoms with van der Waals surface area (Å²) in [5, 5.41) is 13.4. The molecule has 0 radical (unpaired) electrons. The summed E-state index contributed by atoms with van der Waals surface area (Å²) in [6.45, 7) is 3.25. The van der Waals surface area contributed by atoms with E-state index in [1.165, 1.54) is 12.1 Å². The van der Waals surface area contributed by atoms with E-state index < -0.39 is 23.4 Å². The Labute approximate surface area is 143 Å². The molecule has 0 unspecified atom stereocenters. The van der Waals surface area contributed by atoms with Gasteiger partial charge in [0.2, 0.25) is 0 Å². The Kier molecular flexibility index (Phi) is 5.33. The molecule has 0 saturated carbocycles. The third-order valence-electron chi connectivity index (χ3n) is 3.46. The number of rotatable bonds is 5. The quantitative estimate of drug-likeness (QED) is 0.372. The van der Waals surface area contributed by atoms with Crippen molar-refractivity contribution in [3.05, 3.63) is 63.2 Å². The van der Waals surface area contributed by atoms with Gasteiger partial charge in [-0.05, 0) is 31.5 Å². The molecule has 0 atom stereocenters. The highest BCUT2D eigenvalue weighted by molar-refractivity contribution is 5.98. The van der Waals surface area contributed by atoms with Crippen molar-refractivity contribution < 1.29 is 19.2 Å². The lowest BCUT2D eigenvalue weighted by Crippen LogP contribution is -2.21. The molecule has 25 heavy (non-hydrogen) atoms. The lowest BCUT2D eigenvalue weighted by Gasteiger charge is -2.10. The zero-order chi connectivity index (χ0) is 18.6. The summed E-state index contributed by atoms with van der Waals surface area (Å²) in [4.78, 5) is 34.0. The Balaban J connectivity index is 2.01. The zero-order valence-electron chi connectivity index (χ0n) is 13.7. The third-order valence-corrected chi connectivity index (χ3v) is 3.46. The first-order chi connectivity index (χ1) is 11.8. The summed E-state index contributed by atoms with van der Waals surface area (Å²) in [5.74, 6) is -1.43. The molecule has 0 aliphatic heterocycles. The van der Waals surface area contributed by atoms with Crippen molar-refractivity contribution in [1.82, 2.24) is 0 Å². The number of nitrogen functional groups attached to an aromatic ring is 1. The van der Waals surface area contributed by atoms with Crippen LogP contribution in [0.3, 0.4) is 0 Å². The third kappa shape index (κ3) is 4.54. The predicted octanol–water partition coefficient (Wildman–Crippen LogP) is 2.59. The monoisotopic (exact) mass is 343 g/mol. The van der Waals surface area contributed by atoms with Gasteiger partial charge in [0.05, 0.1) is 10.5 Å². The molecule has 2 rings (SSSR count). The zero-order valence-corrected chi connectivity index (χ0v) is 13.7. The Morgan fingerprint density at radius 2 is 1.92 bits per heavy atom. The highest BCUT2D eigenvalue weighted by atomic mass is 16.6. The van der Waals surface area contributed by atoms with Gasteiger partial charge in [-0.3, -0.25) is 14.9 Å². The van der Waals surface area contributed by atoms with Crippen LogP contribution >= 0.6 is 0 Å². The van der Waals surface area contributed by atoms with Crippen LogP contribution in [0.4, 0.5) is 17.1 Å². The molecule has 0 spiro atoms. The van der Waals surface area contributed by atoms with E-state index in [9.17, 15) is 19.7 Å². The molecule has 0 bridgehead atoms. The molecule has 0 aliphatic carbocycles. The molecule has 1 amide bonds. The van der Waals surface area contributed by atoms with Gasteiger partial charge >= 0.3 is 5.97 Å². The number of hydrogen-bond acceptors (Lipinski definition) is 6. The largest absolute Gasteiger partial charge is 0.452 e. The number of carbonyl (C=O) groups excluding carboxylic acids is 2. The van der Waals surface area contributed by atoms with E-state index in [1.807, 2.05) is 26.0 Å². The van der Waals surface area contributed by atoms with Crippen LogP contribution in [0.1, 0.15) is 21.5 Å². The minimum Gasteiger partial charge on any atom is -0.452 e. The fourth-order valence-electron chi connectivity index (χ4n) is 2.18. The number of non-ortho nitro benzene ring substituents is 1. The summed E-state index contributed by atoms with van der Waals surface area (Å²) in [6, 6.07) is 8.94. The van der Waals surface area contributed by atoms with Gasteiger partial charge in [-0.2, -0.15) is 0 Å². The predicted molar refractivity (Wildman–Crippen MR) is 92.3 cm³/mol. The molecule has 0 heterocycles. The SMILES string of the molecule is Cc1ccc(NC(=O)COC(=O)c2cc([N+](=O)[O-])ccc2N)c(C)c1. The number of amides is 1. The van der Waals surface area contributed by atoms with Crippen molar-refractivity contribution in [2.24, 2.45) is 0 Å². The minimum atomic E-state index is -0.906. The molecule has 8 nitrogen and oxygen atoms in total. The number of esters is 1. The summed E-state index contributed by atoms with van der Waals surface area (Å²) in [7, 11) is 0. The number of nitro benzene ring substituents is 1. The number of aryl methyl sites for hydroxylation is 2. The fourth-order valence-corrected chi connectivity index (χ4v) is 2.18. The Bertz CT molecular complexity index is 848. The number of nitro groups is 1. The van der Waals surface area contributed by atoms with E-state index in [0.29, 0.717) is 5.69 Å². The minimum absolute atomic E-state index is 0.0328. The van der Waals surface area contributed by atoms with Gasteiger partial charge in [-0.1, -0.05) is 17.7 Å². The van der Waals surface area contributed by atoms with Crippen molar-refractivity contribution >= 4 is 28.9 Å². The van der Waals surface area contributed by atoms with E-state index in [4.69, 9.17) is 10.5 Å². The van der Waals surface area contributed by atoms with E-state index in [2.05, 4.69) is 5.32 Å². The fraction of sp³-hybridized carbons (Fsp3) is 0.176. The van der Waals surface area contributed by atoms with Crippen LogP contribution in [-0.2, 0) is 9.53 Å². The molecule has 2 aromatic carbocycles. The van der Waals surface area contributed by atoms with Crippen LogP contribution in [0, 0.1) is 24.0 Å². The number of nitrogens with two attached hydrogens (primary N) is 1. The van der Waals surface area contributed by atoms with Crippen molar-refractivity contribution in [3.63, 3.8) is 0 Å². The van der Waals surface area contributed by atoms with Gasteiger partial charge in [0.15, 0.2) is 6.61 Å². The summed E-state index contributed by atoms with van der Waals surface area (Å²) in [5.41, 5.74) is 7.76. The second-order valence-electron chi connectivity index (χ2n) is 5.47. The molecule has 0 aliphatic rings. The van der Waals surface area contributed by atoms with Gasteiger partial charge in [0, 0.05) is 23.5 Å². The Morgan fingerprint density at radius 1 is 1.20 bits per heavy atom. The lowest BCUT2D eigenvalue weighted by molar-refractivity contribution is -0.384. The number of nitrogens with one attached hydrogen (secondary N) is 1. The van der Waals surface area contributed by atoms with E-state index in [-0.39, 0.29) is 16.9 Å². The maximum atomic E-state index is 12.0. The molecular formula is C17H17N3O5. The number of nitrogens with zero attached hydrogens (tertiary/aromatic N) is 1. The van der Waals surface area contributed by atoms with E-state index in [0.717, 1.165) is 17.2 Å². The number of benzene rings is 2. The van der Waals surface area contributed by atoms with Gasteiger partial charge in [-0.25, -0.2) is 4.79 Å². The van der Waals surface area contributed by atoms with Gasteiger partial charge in [0.25, 0.3) is 11.6 Å². The summed E-state index contributed by atoms with van der Waals surface area (Å²) >= 11 is 0. The van der Waals surface area contributed by atoms with Crippen LogP contribution < -0.4 is 11.1 Å². The van der Waals surface area contributed by atoms with Crippen molar-refractivity contribution in [2.45, 2.75) is 13.8 Å². The first-order valence-electron chi connectivity index (χ1n) is 7.36. The summed E-state index contributed by atoms with van der Waals surface area (Å²) < 4.78 is 4.89. The van der Waals surface area contributed by atoms with Crippen LogP contribution in [-0.4, -0.2) is 23.4 Å². The second kappa shape index (κ2) is 7.43. The average Bonchev–Trinajstić information content (AvgIpc) is 2.55. The summed E-state index contributed by atoms with van der Waals surface area (Å²) in [6.07, 6.45) is 0. The molecule has 0 fully saturated rings. The first-order valence-corrected chi connectivity index (χ1v) is 7.36. The highest BCUT2D eigenvalue weighted by Crippen LogP contribution is 2.20. The van der Waals surface area contributed by atoms with Crippen LogP contribution in [0.25, 0.3) is 0 Å². The Morgan fingerprint density at radius 3 is 2.56 bits per heavy atom. The molecule has 0 saturated heterocycles. The number of anilines is 2. The van der Waals surface area contributed by atoms with Crippen LogP contribution in [0.5, 0.6) is 0 Å². The van der Waals surface area contributed by atoms with Crippen molar-refractivity contribution in [3.8, 4) is 0 Å². The van der Waals surface area contributed by atoms with Crippen LogP contribution in [0.2, 0.25) is 0 Å². The maximum Gasteiger partial charge on any atom is 0.341 e. The highest BCUT2D eigenvalue weighted by Gasteiger charge is 2.18.